The Hall–Kier alpha value is -4.34. The molecule has 0 heterocycles. The van der Waals surface area contributed by atoms with Gasteiger partial charge in [-0.3, -0.25) is 13.9 Å². The van der Waals surface area contributed by atoms with Gasteiger partial charge in [-0.15, -0.1) is 0 Å². The van der Waals surface area contributed by atoms with Gasteiger partial charge in [-0.2, -0.15) is 0 Å². The highest BCUT2D eigenvalue weighted by Gasteiger charge is 2.35. The van der Waals surface area contributed by atoms with Crippen LogP contribution in [0, 0.1) is 6.92 Å². The molecule has 0 bridgehead atoms. The first kappa shape index (κ1) is 35.5. The van der Waals surface area contributed by atoms with Gasteiger partial charge in [-0.25, -0.2) is 8.42 Å². The van der Waals surface area contributed by atoms with E-state index in [1.807, 2.05) is 71.0 Å². The number of ether oxygens (including phenoxy) is 1. The maximum Gasteiger partial charge on any atom is 0.264 e. The van der Waals surface area contributed by atoms with Gasteiger partial charge in [0.05, 0.1) is 17.2 Å². The van der Waals surface area contributed by atoms with Gasteiger partial charge in [0.1, 0.15) is 18.3 Å². The van der Waals surface area contributed by atoms with Crippen molar-refractivity contribution in [2.75, 3.05) is 17.5 Å². The maximum absolute atomic E-state index is 14.6. The van der Waals surface area contributed by atoms with E-state index in [0.717, 1.165) is 15.4 Å². The Balaban J connectivity index is 1.82. The molecule has 8 nitrogen and oxygen atoms in total. The van der Waals surface area contributed by atoms with Crippen LogP contribution >= 0.6 is 11.6 Å². The molecule has 248 valence electrons. The van der Waals surface area contributed by atoms with E-state index in [2.05, 4.69) is 5.32 Å². The lowest BCUT2D eigenvalue weighted by Gasteiger charge is -2.35. The van der Waals surface area contributed by atoms with Crippen LogP contribution in [0.5, 0.6) is 5.75 Å². The number of carbonyl (C=O) groups is 2. The summed E-state index contributed by atoms with van der Waals surface area (Å²) in [6.07, 6.45) is 0.211. The van der Waals surface area contributed by atoms with Crippen molar-refractivity contribution in [3.05, 3.63) is 125 Å². The Bertz CT molecular complexity index is 1760. The number of benzene rings is 4. The minimum Gasteiger partial charge on any atom is -0.494 e. The lowest BCUT2D eigenvalue weighted by molar-refractivity contribution is -0.140. The van der Waals surface area contributed by atoms with Gasteiger partial charge in [0.25, 0.3) is 10.0 Å². The zero-order chi connectivity index (χ0) is 34.2. The molecule has 2 amide bonds. The number of nitrogens with one attached hydrogen (secondary N) is 1. The molecule has 0 fully saturated rings. The molecule has 0 saturated carbocycles. The van der Waals surface area contributed by atoms with Crippen molar-refractivity contribution in [1.82, 2.24) is 10.2 Å². The van der Waals surface area contributed by atoms with Gasteiger partial charge in [0.2, 0.25) is 11.8 Å². The average molecular weight is 676 g/mol. The monoisotopic (exact) mass is 675 g/mol. The van der Waals surface area contributed by atoms with Crippen LogP contribution in [0.15, 0.2) is 108 Å². The van der Waals surface area contributed by atoms with Crippen LogP contribution in [0.2, 0.25) is 5.02 Å². The minimum absolute atomic E-state index is 0.0240. The van der Waals surface area contributed by atoms with E-state index in [-0.39, 0.29) is 29.5 Å². The third kappa shape index (κ3) is 9.83. The maximum atomic E-state index is 14.6. The first-order valence-electron chi connectivity index (χ1n) is 15.5. The lowest BCUT2D eigenvalue weighted by atomic mass is 10.0. The molecule has 0 aliphatic carbocycles. The van der Waals surface area contributed by atoms with Crippen molar-refractivity contribution in [2.24, 2.45) is 0 Å². The highest BCUT2D eigenvalue weighted by Crippen LogP contribution is 2.27. The molecule has 1 N–H and O–H groups in total. The number of aryl methyl sites for hydroxylation is 1. The Morgan fingerprint density at radius 1 is 0.872 bits per heavy atom. The Morgan fingerprint density at radius 2 is 1.51 bits per heavy atom. The Kier molecular flexibility index (Phi) is 11.7. The standard InChI is InChI=1S/C37H42ClN3O5S/c1-6-46-32-19-17-31(18-20-32)41(47(44,45)33-21-15-27(2)16-22-33)26-35(42)40(25-29-13-10-14-30(38)23-29)34(36(43)39-37(3,4)5)24-28-11-8-7-9-12-28/h7-23,34H,6,24-26H2,1-5H3,(H,39,43). The number of hydrogen-bond acceptors (Lipinski definition) is 5. The molecule has 4 rings (SSSR count). The van der Waals surface area contributed by atoms with Gasteiger partial charge in [-0.1, -0.05) is 71.8 Å². The molecule has 1 unspecified atom stereocenters. The van der Waals surface area contributed by atoms with E-state index >= 15 is 0 Å². The van der Waals surface area contributed by atoms with Crippen LogP contribution in [-0.2, 0) is 32.6 Å². The SMILES string of the molecule is CCOc1ccc(N(CC(=O)N(Cc2cccc(Cl)c2)C(Cc2ccccc2)C(=O)NC(C)(C)C)S(=O)(=O)c2ccc(C)cc2)cc1. The summed E-state index contributed by atoms with van der Waals surface area (Å²) < 4.78 is 35.1. The summed E-state index contributed by atoms with van der Waals surface area (Å²) in [5.74, 6) is -0.343. The van der Waals surface area contributed by atoms with Crippen LogP contribution in [0.4, 0.5) is 5.69 Å². The smallest absolute Gasteiger partial charge is 0.264 e. The zero-order valence-corrected chi connectivity index (χ0v) is 29.0. The molecule has 0 radical (unpaired) electrons. The third-order valence-corrected chi connectivity index (χ3v) is 9.36. The average Bonchev–Trinajstić information content (AvgIpc) is 3.02. The van der Waals surface area contributed by atoms with E-state index in [4.69, 9.17) is 16.3 Å². The molecular formula is C37H42ClN3O5S. The van der Waals surface area contributed by atoms with Crippen LogP contribution in [-0.4, -0.2) is 49.9 Å². The summed E-state index contributed by atoms with van der Waals surface area (Å²) in [6, 6.07) is 28.5. The van der Waals surface area contributed by atoms with Crippen molar-refractivity contribution in [3.8, 4) is 5.75 Å². The molecule has 0 spiro atoms. The molecule has 4 aromatic carbocycles. The summed E-state index contributed by atoms with van der Waals surface area (Å²) in [5.41, 5.74) is 2.14. The molecule has 0 aromatic heterocycles. The van der Waals surface area contributed by atoms with E-state index in [1.165, 1.54) is 17.0 Å². The molecule has 47 heavy (non-hydrogen) atoms. The first-order chi connectivity index (χ1) is 22.3. The number of nitrogens with zero attached hydrogens (tertiary/aromatic N) is 2. The molecule has 0 saturated heterocycles. The molecule has 0 aliphatic heterocycles. The fraction of sp³-hybridized carbons (Fsp3) is 0.297. The van der Waals surface area contributed by atoms with Gasteiger partial charge >= 0.3 is 0 Å². The van der Waals surface area contributed by atoms with Crippen molar-refractivity contribution in [1.29, 1.82) is 0 Å². The molecule has 0 aliphatic rings. The minimum atomic E-state index is -4.21. The van der Waals surface area contributed by atoms with E-state index in [0.29, 0.717) is 22.9 Å². The highest BCUT2D eigenvalue weighted by atomic mass is 35.5. The second kappa shape index (κ2) is 15.5. The van der Waals surface area contributed by atoms with E-state index < -0.39 is 34.1 Å². The number of anilines is 1. The fourth-order valence-electron chi connectivity index (χ4n) is 5.08. The van der Waals surface area contributed by atoms with Crippen molar-refractivity contribution >= 4 is 39.1 Å². The molecular weight excluding hydrogens is 634 g/mol. The molecule has 4 aromatic rings. The van der Waals surface area contributed by atoms with E-state index in [1.54, 1.807) is 54.6 Å². The Labute approximate surface area is 283 Å². The molecule has 1 atom stereocenters. The highest BCUT2D eigenvalue weighted by molar-refractivity contribution is 7.92. The van der Waals surface area contributed by atoms with Crippen LogP contribution in [0.1, 0.15) is 44.4 Å². The second-order valence-corrected chi connectivity index (χ2v) is 14.6. The van der Waals surface area contributed by atoms with Gasteiger partial charge < -0.3 is 15.0 Å². The van der Waals surface area contributed by atoms with Crippen molar-refractivity contribution in [3.63, 3.8) is 0 Å². The number of amides is 2. The fourth-order valence-corrected chi connectivity index (χ4v) is 6.71. The number of hydrogen-bond donors (Lipinski definition) is 1. The topological polar surface area (TPSA) is 96.0 Å². The normalized spacial score (nSPS) is 12.2. The van der Waals surface area contributed by atoms with Gasteiger partial charge in [-0.05, 0) is 94.3 Å². The summed E-state index contributed by atoms with van der Waals surface area (Å²) in [6.45, 7) is 9.25. The first-order valence-corrected chi connectivity index (χ1v) is 17.3. The largest absolute Gasteiger partial charge is 0.494 e. The summed E-state index contributed by atoms with van der Waals surface area (Å²) in [4.78, 5) is 30.1. The van der Waals surface area contributed by atoms with E-state index in [9.17, 15) is 18.0 Å². The number of rotatable bonds is 13. The number of carbonyl (C=O) groups excluding carboxylic acids is 2. The summed E-state index contributed by atoms with van der Waals surface area (Å²) in [5, 5.41) is 3.51. The number of sulfonamides is 1. The quantitative estimate of drug-likeness (QED) is 0.168. The van der Waals surface area contributed by atoms with Crippen LogP contribution in [0.3, 0.4) is 0 Å². The Morgan fingerprint density at radius 3 is 2.11 bits per heavy atom. The van der Waals surface area contributed by atoms with Crippen molar-refractivity contribution in [2.45, 2.75) is 64.1 Å². The third-order valence-electron chi connectivity index (χ3n) is 7.33. The number of halogens is 1. The van der Waals surface area contributed by atoms with Gasteiger partial charge in [0, 0.05) is 23.5 Å². The van der Waals surface area contributed by atoms with Gasteiger partial charge in [0.15, 0.2) is 0 Å². The van der Waals surface area contributed by atoms with Crippen molar-refractivity contribution < 1.29 is 22.7 Å². The zero-order valence-electron chi connectivity index (χ0n) is 27.4. The van der Waals surface area contributed by atoms with Crippen LogP contribution in [0.25, 0.3) is 0 Å². The predicted octanol–water partition coefficient (Wildman–Crippen LogP) is 6.80. The summed E-state index contributed by atoms with van der Waals surface area (Å²) >= 11 is 6.32. The summed E-state index contributed by atoms with van der Waals surface area (Å²) in [7, 11) is -4.21. The lowest BCUT2D eigenvalue weighted by Crippen LogP contribution is -2.56. The predicted molar refractivity (Wildman–Crippen MR) is 187 cm³/mol. The second-order valence-electron chi connectivity index (χ2n) is 12.3. The van der Waals surface area contributed by atoms with Crippen LogP contribution < -0.4 is 14.4 Å². The molecule has 10 heteroatoms.